The number of hydrogen-bond donors (Lipinski definition) is 2. The number of amides is 1. The highest BCUT2D eigenvalue weighted by atomic mass is 79.9. The normalized spacial score (nSPS) is 11.2. The number of halogens is 1. The summed E-state index contributed by atoms with van der Waals surface area (Å²) in [6.45, 7) is 4.17. The van der Waals surface area contributed by atoms with Gasteiger partial charge in [-0.2, -0.15) is 0 Å². The summed E-state index contributed by atoms with van der Waals surface area (Å²) in [5.74, 6) is 0.748. The Hall–Kier alpha value is -1.07. The largest absolute Gasteiger partial charge is 0.496 e. The van der Waals surface area contributed by atoms with Gasteiger partial charge >= 0.3 is 0 Å². The molecule has 0 fully saturated rings. The van der Waals surface area contributed by atoms with Crippen molar-refractivity contribution in [3.05, 3.63) is 28.2 Å². The third kappa shape index (κ3) is 3.71. The van der Waals surface area contributed by atoms with Crippen LogP contribution in [0.5, 0.6) is 5.75 Å². The zero-order chi connectivity index (χ0) is 13.8. The van der Waals surface area contributed by atoms with Gasteiger partial charge in [-0.25, -0.2) is 0 Å². The van der Waals surface area contributed by atoms with Gasteiger partial charge in [0.05, 0.1) is 17.1 Å². The Morgan fingerprint density at radius 1 is 1.44 bits per heavy atom. The third-order valence-corrected chi connectivity index (χ3v) is 3.48. The Kier molecular flexibility index (Phi) is 5.16. The first kappa shape index (κ1) is 15.0. The Morgan fingerprint density at radius 3 is 2.61 bits per heavy atom. The van der Waals surface area contributed by atoms with Crippen molar-refractivity contribution in [2.45, 2.75) is 25.9 Å². The molecule has 0 spiro atoms. The van der Waals surface area contributed by atoms with Gasteiger partial charge in [0.15, 0.2) is 0 Å². The van der Waals surface area contributed by atoms with Crippen LogP contribution in [0.4, 0.5) is 0 Å². The van der Waals surface area contributed by atoms with Crippen molar-refractivity contribution in [2.24, 2.45) is 0 Å². The summed E-state index contributed by atoms with van der Waals surface area (Å²) in [5, 5.41) is 5.86. The van der Waals surface area contributed by atoms with Gasteiger partial charge in [-0.1, -0.05) is 6.07 Å². The van der Waals surface area contributed by atoms with Gasteiger partial charge in [-0.15, -0.1) is 0 Å². The second kappa shape index (κ2) is 6.20. The molecule has 0 aliphatic carbocycles. The van der Waals surface area contributed by atoms with E-state index >= 15 is 0 Å². The number of ether oxygens (including phenoxy) is 1. The minimum Gasteiger partial charge on any atom is -0.496 e. The standard InChI is InChI=1S/C13H19BrN2O2/c1-13(2,15-3)12(17)16-8-9-5-6-11(18-4)10(14)7-9/h5-7,15H,8H2,1-4H3,(H,16,17). The van der Waals surface area contributed by atoms with Crippen LogP contribution in [0.1, 0.15) is 19.4 Å². The monoisotopic (exact) mass is 314 g/mol. The molecule has 0 aromatic heterocycles. The van der Waals surface area contributed by atoms with Crippen LogP contribution in [-0.4, -0.2) is 25.6 Å². The van der Waals surface area contributed by atoms with Gasteiger partial charge in [-0.05, 0) is 54.5 Å². The van der Waals surface area contributed by atoms with E-state index in [0.717, 1.165) is 15.8 Å². The maximum absolute atomic E-state index is 11.9. The van der Waals surface area contributed by atoms with E-state index < -0.39 is 5.54 Å². The quantitative estimate of drug-likeness (QED) is 0.875. The second-order valence-electron chi connectivity index (χ2n) is 4.53. The summed E-state index contributed by atoms with van der Waals surface area (Å²) < 4.78 is 6.03. The molecule has 100 valence electrons. The summed E-state index contributed by atoms with van der Waals surface area (Å²) in [4.78, 5) is 11.9. The summed E-state index contributed by atoms with van der Waals surface area (Å²) >= 11 is 3.42. The molecule has 1 rings (SSSR count). The van der Waals surface area contributed by atoms with Crippen LogP contribution >= 0.6 is 15.9 Å². The fraction of sp³-hybridized carbons (Fsp3) is 0.462. The Morgan fingerprint density at radius 2 is 2.11 bits per heavy atom. The summed E-state index contributed by atoms with van der Waals surface area (Å²) in [7, 11) is 3.39. The number of rotatable bonds is 5. The van der Waals surface area contributed by atoms with Crippen LogP contribution in [-0.2, 0) is 11.3 Å². The first-order valence-corrected chi connectivity index (χ1v) is 6.49. The minimum absolute atomic E-state index is 0.0306. The van der Waals surface area contributed by atoms with Crippen molar-refractivity contribution in [1.29, 1.82) is 0 Å². The molecule has 4 nitrogen and oxygen atoms in total. The molecule has 0 bridgehead atoms. The second-order valence-corrected chi connectivity index (χ2v) is 5.38. The van der Waals surface area contributed by atoms with E-state index in [1.807, 2.05) is 32.0 Å². The summed E-state index contributed by atoms with van der Waals surface area (Å²) in [6, 6.07) is 5.73. The molecule has 1 amide bonds. The summed E-state index contributed by atoms with van der Waals surface area (Å²) in [6.07, 6.45) is 0. The highest BCUT2D eigenvalue weighted by Crippen LogP contribution is 2.25. The van der Waals surface area contributed by atoms with Crippen LogP contribution in [0.25, 0.3) is 0 Å². The molecule has 2 N–H and O–H groups in total. The van der Waals surface area contributed by atoms with Crippen LogP contribution < -0.4 is 15.4 Å². The first-order chi connectivity index (χ1) is 8.40. The zero-order valence-electron chi connectivity index (χ0n) is 11.1. The third-order valence-electron chi connectivity index (χ3n) is 2.86. The van der Waals surface area contributed by atoms with Crippen molar-refractivity contribution in [2.75, 3.05) is 14.2 Å². The lowest BCUT2D eigenvalue weighted by molar-refractivity contribution is -0.126. The van der Waals surface area contributed by atoms with Gasteiger partial charge in [0.1, 0.15) is 5.75 Å². The molecule has 18 heavy (non-hydrogen) atoms. The van der Waals surface area contributed by atoms with Crippen molar-refractivity contribution < 1.29 is 9.53 Å². The average Bonchev–Trinajstić information content (AvgIpc) is 2.36. The SMILES string of the molecule is CNC(C)(C)C(=O)NCc1ccc(OC)c(Br)c1. The van der Waals surface area contributed by atoms with Crippen LogP contribution in [0.2, 0.25) is 0 Å². The molecule has 0 aliphatic rings. The van der Waals surface area contributed by atoms with Gasteiger partial charge in [0.25, 0.3) is 0 Å². The Balaban J connectivity index is 2.64. The van der Waals surface area contributed by atoms with Gasteiger partial charge < -0.3 is 15.4 Å². The predicted octanol–water partition coefficient (Wildman–Crippen LogP) is 2.07. The molecule has 0 atom stereocenters. The Bertz CT molecular complexity index is 433. The van der Waals surface area contributed by atoms with Gasteiger partial charge in [0.2, 0.25) is 5.91 Å². The topological polar surface area (TPSA) is 50.4 Å². The Labute approximate surface area is 116 Å². The molecule has 1 aromatic carbocycles. The number of nitrogens with one attached hydrogen (secondary N) is 2. The van der Waals surface area contributed by atoms with Crippen molar-refractivity contribution >= 4 is 21.8 Å². The van der Waals surface area contributed by atoms with E-state index in [1.54, 1.807) is 14.2 Å². The van der Waals surface area contributed by atoms with E-state index in [1.165, 1.54) is 0 Å². The number of benzene rings is 1. The molecular formula is C13H19BrN2O2. The van der Waals surface area contributed by atoms with Crippen LogP contribution in [0.3, 0.4) is 0 Å². The van der Waals surface area contributed by atoms with Crippen molar-refractivity contribution in [1.82, 2.24) is 10.6 Å². The molecule has 0 unspecified atom stereocenters. The van der Waals surface area contributed by atoms with E-state index in [-0.39, 0.29) is 5.91 Å². The van der Waals surface area contributed by atoms with Crippen LogP contribution in [0, 0.1) is 0 Å². The smallest absolute Gasteiger partial charge is 0.239 e. The maximum atomic E-state index is 11.9. The number of carbonyl (C=O) groups is 1. The fourth-order valence-electron chi connectivity index (χ4n) is 1.34. The molecule has 1 aromatic rings. The molecule has 0 aliphatic heterocycles. The lowest BCUT2D eigenvalue weighted by atomic mass is 10.1. The number of hydrogen-bond acceptors (Lipinski definition) is 3. The number of methoxy groups -OCH3 is 1. The molecule has 0 saturated heterocycles. The van der Waals surface area contributed by atoms with Gasteiger partial charge in [-0.3, -0.25) is 4.79 Å². The maximum Gasteiger partial charge on any atom is 0.239 e. The highest BCUT2D eigenvalue weighted by Gasteiger charge is 2.24. The fourth-order valence-corrected chi connectivity index (χ4v) is 1.92. The highest BCUT2D eigenvalue weighted by molar-refractivity contribution is 9.10. The number of likely N-dealkylation sites (N-methyl/N-ethyl adjacent to an activating group) is 1. The first-order valence-electron chi connectivity index (χ1n) is 5.70. The van der Waals surface area contributed by atoms with E-state index in [2.05, 4.69) is 26.6 Å². The van der Waals surface area contributed by atoms with E-state index in [0.29, 0.717) is 6.54 Å². The van der Waals surface area contributed by atoms with E-state index in [9.17, 15) is 4.79 Å². The molecular weight excluding hydrogens is 296 g/mol. The van der Waals surface area contributed by atoms with Crippen molar-refractivity contribution in [3.8, 4) is 5.75 Å². The average molecular weight is 315 g/mol. The summed E-state index contributed by atoms with van der Waals surface area (Å²) in [5.41, 5.74) is 0.451. The molecule has 0 radical (unpaired) electrons. The minimum atomic E-state index is -0.566. The molecule has 5 heteroatoms. The molecule has 0 saturated carbocycles. The lowest BCUT2D eigenvalue weighted by Crippen LogP contribution is -2.50. The van der Waals surface area contributed by atoms with Crippen LogP contribution in [0.15, 0.2) is 22.7 Å². The van der Waals surface area contributed by atoms with Gasteiger partial charge in [0, 0.05) is 6.54 Å². The predicted molar refractivity (Wildman–Crippen MR) is 75.7 cm³/mol. The zero-order valence-corrected chi connectivity index (χ0v) is 12.7. The number of carbonyl (C=O) groups excluding carboxylic acids is 1. The van der Waals surface area contributed by atoms with Crippen molar-refractivity contribution in [3.63, 3.8) is 0 Å². The van der Waals surface area contributed by atoms with E-state index in [4.69, 9.17) is 4.74 Å². The molecule has 0 heterocycles. The lowest BCUT2D eigenvalue weighted by Gasteiger charge is -2.22.